The third kappa shape index (κ3) is 3.11. The molecule has 6 heteroatoms. The van der Waals surface area contributed by atoms with Crippen LogP contribution in [0.4, 0.5) is 0 Å². The first-order chi connectivity index (χ1) is 9.76. The zero-order chi connectivity index (χ0) is 13.9. The van der Waals surface area contributed by atoms with Crippen LogP contribution >= 0.6 is 11.6 Å². The molecule has 0 unspecified atom stereocenters. The monoisotopic (exact) mass is 293 g/mol. The maximum absolute atomic E-state index is 6.00. The molecule has 0 aliphatic heterocycles. The van der Waals surface area contributed by atoms with Gasteiger partial charge in [-0.2, -0.15) is 0 Å². The van der Waals surface area contributed by atoms with E-state index in [9.17, 15) is 0 Å². The molecular formula is C14H16ClN3O2. The van der Waals surface area contributed by atoms with Crippen LogP contribution in [0.1, 0.15) is 18.7 Å². The molecule has 1 aromatic heterocycles. The summed E-state index contributed by atoms with van der Waals surface area (Å²) in [6.07, 6.45) is 3.27. The molecule has 1 N–H and O–H groups in total. The first-order valence-corrected chi connectivity index (χ1v) is 7.04. The van der Waals surface area contributed by atoms with Crippen molar-refractivity contribution in [3.8, 4) is 17.2 Å². The zero-order valence-electron chi connectivity index (χ0n) is 11.2. The fourth-order valence-corrected chi connectivity index (χ4v) is 2.15. The van der Waals surface area contributed by atoms with Crippen molar-refractivity contribution in [3.05, 3.63) is 29.1 Å². The van der Waals surface area contributed by atoms with Crippen molar-refractivity contribution >= 4 is 11.6 Å². The lowest BCUT2D eigenvalue weighted by Crippen LogP contribution is -2.19. The molecule has 1 fully saturated rings. The Balaban J connectivity index is 1.73. The predicted molar refractivity (Wildman–Crippen MR) is 76.0 cm³/mol. The number of rotatable bonds is 6. The Morgan fingerprint density at radius 2 is 2.25 bits per heavy atom. The predicted octanol–water partition coefficient (Wildman–Crippen LogP) is 2.69. The van der Waals surface area contributed by atoms with Crippen LogP contribution in [-0.4, -0.2) is 29.9 Å². The normalized spacial score (nSPS) is 14.5. The van der Waals surface area contributed by atoms with Crippen LogP contribution in [-0.2, 0) is 6.42 Å². The SMILES string of the molecule is COc1ccc(Cl)cc1-c1nnc(CCNC2CC2)o1. The average molecular weight is 294 g/mol. The Hall–Kier alpha value is -1.59. The molecule has 1 saturated carbocycles. The lowest BCUT2D eigenvalue weighted by molar-refractivity contribution is 0.413. The van der Waals surface area contributed by atoms with E-state index >= 15 is 0 Å². The summed E-state index contributed by atoms with van der Waals surface area (Å²) in [5.41, 5.74) is 0.717. The van der Waals surface area contributed by atoms with Crippen LogP contribution in [0.5, 0.6) is 5.75 Å². The van der Waals surface area contributed by atoms with Crippen molar-refractivity contribution in [3.63, 3.8) is 0 Å². The van der Waals surface area contributed by atoms with Crippen LogP contribution in [0, 0.1) is 0 Å². The number of hydrogen-bond acceptors (Lipinski definition) is 5. The third-order valence-corrected chi connectivity index (χ3v) is 3.44. The molecule has 0 amide bonds. The van der Waals surface area contributed by atoms with E-state index in [4.69, 9.17) is 20.8 Å². The first kappa shape index (κ1) is 13.4. The molecule has 0 spiro atoms. The van der Waals surface area contributed by atoms with Gasteiger partial charge < -0.3 is 14.5 Å². The number of aromatic nitrogens is 2. The van der Waals surface area contributed by atoms with Crippen LogP contribution in [0.15, 0.2) is 22.6 Å². The third-order valence-electron chi connectivity index (χ3n) is 3.21. The standard InChI is InChI=1S/C14H16ClN3O2/c1-19-12-5-2-9(15)8-11(12)14-18-17-13(20-14)6-7-16-10-3-4-10/h2,5,8,10,16H,3-4,6-7H2,1H3. The number of halogens is 1. The molecule has 0 saturated heterocycles. The van der Waals surface area contributed by atoms with Gasteiger partial charge in [-0.1, -0.05) is 11.6 Å². The molecule has 1 aliphatic carbocycles. The Bertz CT molecular complexity index is 596. The highest BCUT2D eigenvalue weighted by atomic mass is 35.5. The van der Waals surface area contributed by atoms with Gasteiger partial charge in [0.1, 0.15) is 5.75 Å². The summed E-state index contributed by atoms with van der Waals surface area (Å²) in [6, 6.07) is 6.00. The highest BCUT2D eigenvalue weighted by molar-refractivity contribution is 6.30. The van der Waals surface area contributed by atoms with E-state index in [1.165, 1.54) is 12.8 Å². The van der Waals surface area contributed by atoms with E-state index in [-0.39, 0.29) is 0 Å². The van der Waals surface area contributed by atoms with Gasteiger partial charge in [0.25, 0.3) is 5.89 Å². The van der Waals surface area contributed by atoms with Crippen molar-refractivity contribution in [2.75, 3.05) is 13.7 Å². The molecule has 1 heterocycles. The lowest BCUT2D eigenvalue weighted by atomic mass is 10.2. The van der Waals surface area contributed by atoms with Gasteiger partial charge in [-0.15, -0.1) is 10.2 Å². The summed E-state index contributed by atoms with van der Waals surface area (Å²) in [4.78, 5) is 0. The fraction of sp³-hybridized carbons (Fsp3) is 0.429. The number of benzene rings is 1. The van der Waals surface area contributed by atoms with Gasteiger partial charge in [0.15, 0.2) is 0 Å². The summed E-state index contributed by atoms with van der Waals surface area (Å²) in [5, 5.41) is 12.1. The maximum atomic E-state index is 6.00. The molecule has 1 aliphatic rings. The van der Waals surface area contributed by atoms with Gasteiger partial charge in [-0.05, 0) is 31.0 Å². The minimum Gasteiger partial charge on any atom is -0.496 e. The molecular weight excluding hydrogens is 278 g/mol. The van der Waals surface area contributed by atoms with E-state index in [2.05, 4.69) is 15.5 Å². The lowest BCUT2D eigenvalue weighted by Gasteiger charge is -2.04. The van der Waals surface area contributed by atoms with Crippen molar-refractivity contribution in [2.24, 2.45) is 0 Å². The highest BCUT2D eigenvalue weighted by Crippen LogP contribution is 2.31. The summed E-state index contributed by atoms with van der Waals surface area (Å²) >= 11 is 6.00. The molecule has 3 rings (SSSR count). The molecule has 20 heavy (non-hydrogen) atoms. The van der Waals surface area contributed by atoms with Crippen molar-refractivity contribution in [2.45, 2.75) is 25.3 Å². The molecule has 1 aromatic carbocycles. The Labute approximate surface area is 122 Å². The van der Waals surface area contributed by atoms with Gasteiger partial charge in [0.05, 0.1) is 12.7 Å². The second-order valence-corrected chi connectivity index (χ2v) is 5.26. The van der Waals surface area contributed by atoms with E-state index in [1.54, 1.807) is 25.3 Å². The van der Waals surface area contributed by atoms with Crippen LogP contribution in [0.3, 0.4) is 0 Å². The van der Waals surface area contributed by atoms with E-state index in [0.717, 1.165) is 13.0 Å². The first-order valence-electron chi connectivity index (χ1n) is 6.66. The summed E-state index contributed by atoms with van der Waals surface area (Å²) in [5.74, 6) is 1.72. The molecule has 0 radical (unpaired) electrons. The van der Waals surface area contributed by atoms with E-state index < -0.39 is 0 Å². The number of nitrogens with zero attached hydrogens (tertiary/aromatic N) is 2. The average Bonchev–Trinajstić information content (AvgIpc) is 3.15. The summed E-state index contributed by atoms with van der Waals surface area (Å²) in [7, 11) is 1.60. The Morgan fingerprint density at radius 3 is 3.00 bits per heavy atom. The molecule has 106 valence electrons. The van der Waals surface area contributed by atoms with Crippen LogP contribution in [0.25, 0.3) is 11.5 Å². The van der Waals surface area contributed by atoms with Crippen LogP contribution in [0.2, 0.25) is 5.02 Å². The van der Waals surface area contributed by atoms with Gasteiger partial charge in [0.2, 0.25) is 5.89 Å². The molecule has 5 nitrogen and oxygen atoms in total. The number of nitrogens with one attached hydrogen (secondary N) is 1. The van der Waals surface area contributed by atoms with E-state index in [0.29, 0.717) is 34.2 Å². The van der Waals surface area contributed by atoms with Gasteiger partial charge in [-0.3, -0.25) is 0 Å². The molecule has 0 bridgehead atoms. The maximum Gasteiger partial charge on any atom is 0.251 e. The van der Waals surface area contributed by atoms with Crippen LogP contribution < -0.4 is 10.1 Å². The van der Waals surface area contributed by atoms with Crippen molar-refractivity contribution < 1.29 is 9.15 Å². The number of methoxy groups -OCH3 is 1. The van der Waals surface area contributed by atoms with Gasteiger partial charge >= 0.3 is 0 Å². The summed E-state index contributed by atoms with van der Waals surface area (Å²) in [6.45, 7) is 0.860. The quantitative estimate of drug-likeness (QED) is 0.887. The topological polar surface area (TPSA) is 60.2 Å². The largest absolute Gasteiger partial charge is 0.496 e. The van der Waals surface area contributed by atoms with Crippen molar-refractivity contribution in [1.82, 2.24) is 15.5 Å². The van der Waals surface area contributed by atoms with Gasteiger partial charge in [0, 0.05) is 24.0 Å². The summed E-state index contributed by atoms with van der Waals surface area (Å²) < 4.78 is 11.0. The minimum absolute atomic E-state index is 0.436. The highest BCUT2D eigenvalue weighted by Gasteiger charge is 2.20. The second-order valence-electron chi connectivity index (χ2n) is 4.82. The van der Waals surface area contributed by atoms with E-state index in [1.807, 2.05) is 0 Å². The van der Waals surface area contributed by atoms with Crippen molar-refractivity contribution in [1.29, 1.82) is 0 Å². The minimum atomic E-state index is 0.436. The zero-order valence-corrected chi connectivity index (χ0v) is 12.0. The van der Waals surface area contributed by atoms with Gasteiger partial charge in [-0.25, -0.2) is 0 Å². The fourth-order valence-electron chi connectivity index (χ4n) is 1.98. The Morgan fingerprint density at radius 1 is 1.40 bits per heavy atom. The molecule has 2 aromatic rings. The second kappa shape index (κ2) is 5.81. The Kier molecular flexibility index (Phi) is 3.89. The molecule has 0 atom stereocenters. The number of hydrogen-bond donors (Lipinski definition) is 1. The number of ether oxygens (including phenoxy) is 1. The smallest absolute Gasteiger partial charge is 0.251 e.